The minimum Gasteiger partial charge on any atom is -0.497 e. The molecule has 0 saturated carbocycles. The molecule has 0 unspecified atom stereocenters. The Hall–Kier alpha value is -3.26. The molecule has 0 amide bonds. The van der Waals surface area contributed by atoms with Crippen molar-refractivity contribution in [1.29, 1.82) is 0 Å². The zero-order chi connectivity index (χ0) is 18.2. The molecule has 0 heterocycles. The summed E-state index contributed by atoms with van der Waals surface area (Å²) >= 11 is 0. The molecule has 0 N–H and O–H groups in total. The van der Waals surface area contributed by atoms with E-state index in [9.17, 15) is 0 Å². The molecule has 0 radical (unpaired) electrons. The summed E-state index contributed by atoms with van der Waals surface area (Å²) in [6.45, 7) is 0. The van der Waals surface area contributed by atoms with Gasteiger partial charge in [-0.1, -0.05) is 72.8 Å². The lowest BCUT2D eigenvalue weighted by atomic mass is 10.1. The number of hydrogen-bond donors (Lipinski definition) is 0. The van der Waals surface area contributed by atoms with E-state index in [0.717, 1.165) is 22.6 Å². The predicted molar refractivity (Wildman–Crippen MR) is 110 cm³/mol. The van der Waals surface area contributed by atoms with Gasteiger partial charge in [0.2, 0.25) is 0 Å². The van der Waals surface area contributed by atoms with E-state index in [2.05, 4.69) is 48.6 Å². The normalized spacial score (nSPS) is 11.2. The Morgan fingerprint density at radius 3 is 0.885 bits per heavy atom. The van der Waals surface area contributed by atoms with Crippen LogP contribution in [-0.4, -0.2) is 14.2 Å². The topological polar surface area (TPSA) is 18.5 Å². The monoisotopic (exact) mass is 342 g/mol. The third-order valence-electron chi connectivity index (χ3n) is 4.10. The molecule has 0 aliphatic rings. The van der Waals surface area contributed by atoms with Crippen molar-refractivity contribution in [1.82, 2.24) is 0 Å². The highest BCUT2D eigenvalue weighted by Crippen LogP contribution is 2.16. The number of benzene rings is 3. The van der Waals surface area contributed by atoms with Gasteiger partial charge in [-0.3, -0.25) is 0 Å². The molecular formula is C24H22O2. The number of hydrogen-bond acceptors (Lipinski definition) is 2. The maximum Gasteiger partial charge on any atom is 0.118 e. The van der Waals surface area contributed by atoms with Crippen LogP contribution in [0.4, 0.5) is 0 Å². The Morgan fingerprint density at radius 2 is 0.654 bits per heavy atom. The zero-order valence-corrected chi connectivity index (χ0v) is 15.1. The molecule has 0 spiro atoms. The van der Waals surface area contributed by atoms with Gasteiger partial charge in [0, 0.05) is 0 Å². The predicted octanol–water partition coefficient (Wildman–Crippen LogP) is 6.04. The van der Waals surface area contributed by atoms with Gasteiger partial charge in [0.25, 0.3) is 0 Å². The van der Waals surface area contributed by atoms with Crippen LogP contribution in [0.15, 0.2) is 72.8 Å². The largest absolute Gasteiger partial charge is 0.497 e. The Balaban J connectivity index is 1.63. The van der Waals surface area contributed by atoms with E-state index in [1.807, 2.05) is 48.5 Å². The Morgan fingerprint density at radius 1 is 0.423 bits per heavy atom. The van der Waals surface area contributed by atoms with Gasteiger partial charge in [0.15, 0.2) is 0 Å². The molecule has 26 heavy (non-hydrogen) atoms. The summed E-state index contributed by atoms with van der Waals surface area (Å²) in [5.74, 6) is 1.74. The van der Waals surface area contributed by atoms with Crippen molar-refractivity contribution in [3.05, 3.63) is 95.1 Å². The van der Waals surface area contributed by atoms with Crippen LogP contribution in [0.5, 0.6) is 11.5 Å². The van der Waals surface area contributed by atoms with E-state index in [4.69, 9.17) is 9.47 Å². The molecule has 0 aliphatic carbocycles. The fraction of sp³-hybridized carbons (Fsp3) is 0.0833. The average molecular weight is 342 g/mol. The van der Waals surface area contributed by atoms with Crippen molar-refractivity contribution in [3.63, 3.8) is 0 Å². The lowest BCUT2D eigenvalue weighted by Crippen LogP contribution is -1.81. The van der Waals surface area contributed by atoms with Gasteiger partial charge >= 0.3 is 0 Å². The first kappa shape index (κ1) is 17.6. The van der Waals surface area contributed by atoms with Gasteiger partial charge in [0.1, 0.15) is 11.5 Å². The zero-order valence-electron chi connectivity index (χ0n) is 15.1. The van der Waals surface area contributed by atoms with E-state index < -0.39 is 0 Å². The highest BCUT2D eigenvalue weighted by atomic mass is 16.5. The van der Waals surface area contributed by atoms with Crippen molar-refractivity contribution in [2.45, 2.75) is 0 Å². The molecule has 2 nitrogen and oxygen atoms in total. The van der Waals surface area contributed by atoms with E-state index in [-0.39, 0.29) is 0 Å². The molecule has 2 heteroatoms. The summed E-state index contributed by atoms with van der Waals surface area (Å²) in [6.07, 6.45) is 8.42. The van der Waals surface area contributed by atoms with Crippen LogP contribution in [0.3, 0.4) is 0 Å². The first-order valence-corrected chi connectivity index (χ1v) is 8.51. The van der Waals surface area contributed by atoms with Crippen LogP contribution in [0, 0.1) is 0 Å². The van der Waals surface area contributed by atoms with Gasteiger partial charge < -0.3 is 9.47 Å². The molecule has 3 aromatic rings. The summed E-state index contributed by atoms with van der Waals surface area (Å²) < 4.78 is 10.3. The third kappa shape index (κ3) is 4.87. The second kappa shape index (κ2) is 8.72. The maximum absolute atomic E-state index is 5.17. The van der Waals surface area contributed by atoms with E-state index in [0.29, 0.717) is 0 Å². The Labute approximate surface area is 155 Å². The van der Waals surface area contributed by atoms with E-state index in [1.165, 1.54) is 11.1 Å². The van der Waals surface area contributed by atoms with Crippen molar-refractivity contribution in [3.8, 4) is 11.5 Å². The molecule has 0 fully saturated rings. The molecule has 0 bridgehead atoms. The van der Waals surface area contributed by atoms with Crippen LogP contribution in [0.2, 0.25) is 0 Å². The van der Waals surface area contributed by atoms with Crippen molar-refractivity contribution in [2.75, 3.05) is 14.2 Å². The third-order valence-corrected chi connectivity index (χ3v) is 4.10. The summed E-state index contributed by atoms with van der Waals surface area (Å²) in [4.78, 5) is 0. The SMILES string of the molecule is COc1ccc(/C=C\c2ccc(/C=C\c3ccc(OC)cc3)cc2)cc1. The fourth-order valence-corrected chi connectivity index (χ4v) is 2.53. The van der Waals surface area contributed by atoms with E-state index in [1.54, 1.807) is 14.2 Å². The summed E-state index contributed by atoms with van der Waals surface area (Å²) in [6, 6.07) is 24.5. The molecule has 3 aromatic carbocycles. The molecule has 3 rings (SSSR count). The second-order valence-electron chi connectivity index (χ2n) is 5.88. The quantitative estimate of drug-likeness (QED) is 0.508. The first-order chi connectivity index (χ1) is 12.8. The van der Waals surface area contributed by atoms with Crippen LogP contribution in [-0.2, 0) is 0 Å². The fourth-order valence-electron chi connectivity index (χ4n) is 2.53. The summed E-state index contributed by atoms with van der Waals surface area (Å²) in [7, 11) is 3.35. The van der Waals surface area contributed by atoms with Gasteiger partial charge in [-0.2, -0.15) is 0 Å². The number of methoxy groups -OCH3 is 2. The standard InChI is InChI=1S/C24H22O2/c1-25-23-15-11-21(12-16-23)9-7-19-3-5-20(6-4-19)8-10-22-13-17-24(26-2)18-14-22/h3-18H,1-2H3/b9-7-,10-8-. The van der Waals surface area contributed by atoms with Crippen molar-refractivity contribution < 1.29 is 9.47 Å². The van der Waals surface area contributed by atoms with Crippen LogP contribution in [0.1, 0.15) is 22.3 Å². The Bertz CT molecular complexity index is 795. The number of rotatable bonds is 6. The maximum atomic E-state index is 5.17. The molecule has 0 atom stereocenters. The minimum absolute atomic E-state index is 0.871. The average Bonchev–Trinajstić information content (AvgIpc) is 2.72. The lowest BCUT2D eigenvalue weighted by molar-refractivity contribution is 0.414. The Kier molecular flexibility index (Phi) is 5.89. The molecule has 0 saturated heterocycles. The molecular weight excluding hydrogens is 320 g/mol. The van der Waals surface area contributed by atoms with Gasteiger partial charge in [-0.25, -0.2) is 0 Å². The van der Waals surface area contributed by atoms with E-state index >= 15 is 0 Å². The molecule has 0 aliphatic heterocycles. The highest BCUT2D eigenvalue weighted by molar-refractivity contribution is 5.73. The minimum atomic E-state index is 0.871. The van der Waals surface area contributed by atoms with Gasteiger partial charge in [0.05, 0.1) is 14.2 Å². The summed E-state index contributed by atoms with van der Waals surface area (Å²) in [5.41, 5.74) is 4.63. The molecule has 130 valence electrons. The van der Waals surface area contributed by atoms with Crippen LogP contribution in [0.25, 0.3) is 24.3 Å². The van der Waals surface area contributed by atoms with Gasteiger partial charge in [-0.05, 0) is 46.5 Å². The molecule has 0 aromatic heterocycles. The van der Waals surface area contributed by atoms with Crippen molar-refractivity contribution >= 4 is 24.3 Å². The smallest absolute Gasteiger partial charge is 0.118 e. The first-order valence-electron chi connectivity index (χ1n) is 8.51. The summed E-state index contributed by atoms with van der Waals surface area (Å²) in [5, 5.41) is 0. The van der Waals surface area contributed by atoms with Gasteiger partial charge in [-0.15, -0.1) is 0 Å². The second-order valence-corrected chi connectivity index (χ2v) is 5.88. The lowest BCUT2D eigenvalue weighted by Gasteiger charge is -2.00. The van der Waals surface area contributed by atoms with Crippen LogP contribution < -0.4 is 9.47 Å². The van der Waals surface area contributed by atoms with Crippen molar-refractivity contribution in [2.24, 2.45) is 0 Å². The highest BCUT2D eigenvalue weighted by Gasteiger charge is 1.93. The van der Waals surface area contributed by atoms with Crippen LogP contribution >= 0.6 is 0 Å². The number of ether oxygens (including phenoxy) is 2.